The Balaban J connectivity index is 0.00000193. The zero-order chi connectivity index (χ0) is 21.6. The maximum atomic E-state index is 13.4. The number of benzene rings is 2. The largest absolute Gasteiger partial charge is 0.309 e. The predicted molar refractivity (Wildman–Crippen MR) is 139 cm³/mol. The van der Waals surface area contributed by atoms with Gasteiger partial charge in [0.2, 0.25) is 5.91 Å². The van der Waals surface area contributed by atoms with Crippen LogP contribution in [0.15, 0.2) is 85.1 Å². The second-order valence-corrected chi connectivity index (χ2v) is 8.42. The van der Waals surface area contributed by atoms with Gasteiger partial charge in [-0.25, -0.2) is 15.8 Å². The van der Waals surface area contributed by atoms with Crippen molar-refractivity contribution in [2.75, 3.05) is 5.32 Å². The van der Waals surface area contributed by atoms with Crippen molar-refractivity contribution in [1.82, 2.24) is 15.8 Å². The van der Waals surface area contributed by atoms with E-state index < -0.39 is 11.1 Å². The Morgan fingerprint density at radius 2 is 1.36 bits per heavy atom. The van der Waals surface area contributed by atoms with Crippen LogP contribution >= 0.6 is 24.8 Å². The average Bonchev–Trinajstić information content (AvgIpc) is 2.85. The molecule has 0 atom stereocenters. The molecule has 0 aliphatic heterocycles. The predicted octanol–water partition coefficient (Wildman–Crippen LogP) is 5.62. The van der Waals surface area contributed by atoms with Crippen LogP contribution in [-0.4, -0.2) is 16.4 Å². The molecule has 176 valence electrons. The first-order chi connectivity index (χ1) is 15.1. The number of nitrogens with one attached hydrogen (secondary N) is 3. The third kappa shape index (κ3) is 6.12. The SMILES string of the molecule is CC(NNC1(C(=O)Nc2ccccn2)CCCCC1)(c1ccccc1)c1ccccc1.Cl.Cl. The lowest BCUT2D eigenvalue weighted by atomic mass is 9.80. The number of hydrazine groups is 1. The number of hydrogen-bond acceptors (Lipinski definition) is 4. The van der Waals surface area contributed by atoms with Gasteiger partial charge < -0.3 is 5.32 Å². The minimum atomic E-state index is -0.694. The van der Waals surface area contributed by atoms with Crippen LogP contribution in [0.3, 0.4) is 0 Å². The number of carbonyl (C=O) groups excluding carboxylic acids is 1. The molecule has 0 spiro atoms. The second-order valence-electron chi connectivity index (χ2n) is 8.42. The highest BCUT2D eigenvalue weighted by atomic mass is 35.5. The van der Waals surface area contributed by atoms with E-state index in [-0.39, 0.29) is 30.7 Å². The van der Waals surface area contributed by atoms with E-state index in [9.17, 15) is 4.79 Å². The number of aromatic nitrogens is 1. The third-order valence-electron chi connectivity index (χ3n) is 6.30. The summed E-state index contributed by atoms with van der Waals surface area (Å²) in [6.45, 7) is 2.15. The molecule has 5 nitrogen and oxygen atoms in total. The van der Waals surface area contributed by atoms with Crippen molar-refractivity contribution in [3.05, 3.63) is 96.2 Å². The maximum Gasteiger partial charge on any atom is 0.247 e. The summed E-state index contributed by atoms with van der Waals surface area (Å²) in [7, 11) is 0. The lowest BCUT2D eigenvalue weighted by molar-refractivity contribution is -0.124. The van der Waals surface area contributed by atoms with E-state index in [2.05, 4.69) is 52.3 Å². The fourth-order valence-corrected chi connectivity index (χ4v) is 4.34. The summed E-state index contributed by atoms with van der Waals surface area (Å²) < 4.78 is 0. The molecule has 0 radical (unpaired) electrons. The fraction of sp³-hybridized carbons (Fsp3) is 0.308. The van der Waals surface area contributed by atoms with E-state index in [4.69, 9.17) is 0 Å². The Morgan fingerprint density at radius 3 is 1.88 bits per heavy atom. The summed E-state index contributed by atoms with van der Waals surface area (Å²) in [5.74, 6) is 0.537. The van der Waals surface area contributed by atoms with Crippen molar-refractivity contribution >= 4 is 36.5 Å². The average molecular weight is 487 g/mol. The molecular weight excluding hydrogens is 455 g/mol. The zero-order valence-electron chi connectivity index (χ0n) is 18.8. The zero-order valence-corrected chi connectivity index (χ0v) is 20.4. The van der Waals surface area contributed by atoms with Gasteiger partial charge >= 0.3 is 0 Å². The van der Waals surface area contributed by atoms with Gasteiger partial charge in [0.25, 0.3) is 0 Å². The Hall–Kier alpha value is -2.44. The fourth-order valence-electron chi connectivity index (χ4n) is 4.34. The van der Waals surface area contributed by atoms with Gasteiger partial charge in [0.1, 0.15) is 11.4 Å². The molecule has 3 N–H and O–H groups in total. The standard InChI is InChI=1S/C26H30N4O.2ClH/c1-25(21-13-5-2-6-14-21,22-15-7-3-8-16-22)29-30-26(18-10-4-11-19-26)24(31)28-23-17-9-12-20-27-23;;/h2-3,5-9,12-17,20,29-30H,4,10-11,18-19H2,1H3,(H,27,28,31);2*1H. The molecule has 4 rings (SSSR count). The first-order valence-electron chi connectivity index (χ1n) is 11.0. The van der Waals surface area contributed by atoms with Gasteiger partial charge in [-0.15, -0.1) is 24.8 Å². The summed E-state index contributed by atoms with van der Waals surface area (Å²) in [6, 6.07) is 26.2. The molecule has 1 heterocycles. The molecule has 2 aromatic carbocycles. The van der Waals surface area contributed by atoms with Crippen molar-refractivity contribution in [2.24, 2.45) is 0 Å². The number of carbonyl (C=O) groups is 1. The van der Waals surface area contributed by atoms with E-state index in [1.807, 2.05) is 54.6 Å². The summed E-state index contributed by atoms with van der Waals surface area (Å²) in [5.41, 5.74) is 8.14. The summed E-state index contributed by atoms with van der Waals surface area (Å²) >= 11 is 0. The van der Waals surface area contributed by atoms with Crippen molar-refractivity contribution in [2.45, 2.75) is 50.1 Å². The van der Waals surface area contributed by atoms with Gasteiger partial charge in [-0.3, -0.25) is 4.79 Å². The first kappa shape index (κ1) is 26.8. The van der Waals surface area contributed by atoms with Crippen LogP contribution in [0.4, 0.5) is 5.82 Å². The van der Waals surface area contributed by atoms with Crippen LogP contribution in [0.5, 0.6) is 0 Å². The highest BCUT2D eigenvalue weighted by Gasteiger charge is 2.41. The summed E-state index contributed by atoms with van der Waals surface area (Å²) in [4.78, 5) is 17.7. The quantitative estimate of drug-likeness (QED) is 0.378. The van der Waals surface area contributed by atoms with E-state index >= 15 is 0 Å². The van der Waals surface area contributed by atoms with Crippen LogP contribution in [0, 0.1) is 0 Å². The van der Waals surface area contributed by atoms with Crippen LogP contribution in [0.25, 0.3) is 0 Å². The molecular formula is C26H32Cl2N4O. The van der Waals surface area contributed by atoms with Crippen molar-refractivity contribution in [3.8, 4) is 0 Å². The molecule has 1 amide bonds. The number of pyridine rings is 1. The molecule has 3 aromatic rings. The van der Waals surface area contributed by atoms with E-state index in [1.165, 1.54) is 0 Å². The number of amides is 1. The molecule has 1 saturated carbocycles. The van der Waals surface area contributed by atoms with Gasteiger partial charge in [-0.1, -0.05) is 86.0 Å². The molecule has 0 unspecified atom stereocenters. The van der Waals surface area contributed by atoms with Gasteiger partial charge in [0.15, 0.2) is 0 Å². The number of rotatable bonds is 7. The van der Waals surface area contributed by atoms with Gasteiger partial charge in [-0.05, 0) is 43.0 Å². The number of hydrogen-bond donors (Lipinski definition) is 3. The van der Waals surface area contributed by atoms with Crippen LogP contribution < -0.4 is 16.2 Å². The minimum absolute atomic E-state index is 0. The van der Waals surface area contributed by atoms with E-state index in [0.717, 1.165) is 43.2 Å². The normalized spacial score (nSPS) is 14.9. The monoisotopic (exact) mass is 486 g/mol. The number of anilines is 1. The van der Waals surface area contributed by atoms with E-state index in [1.54, 1.807) is 6.20 Å². The van der Waals surface area contributed by atoms with Crippen molar-refractivity contribution < 1.29 is 4.79 Å². The second kappa shape index (κ2) is 12.1. The Bertz CT molecular complexity index is 941. The Kier molecular flexibility index (Phi) is 9.87. The highest BCUT2D eigenvalue weighted by molar-refractivity contribution is 5.97. The molecule has 7 heteroatoms. The Labute approximate surface area is 208 Å². The van der Waals surface area contributed by atoms with Gasteiger partial charge in [-0.2, -0.15) is 0 Å². The van der Waals surface area contributed by atoms with Crippen LogP contribution in [-0.2, 0) is 10.3 Å². The molecule has 1 aliphatic carbocycles. The third-order valence-corrected chi connectivity index (χ3v) is 6.30. The Morgan fingerprint density at radius 1 is 0.818 bits per heavy atom. The molecule has 1 aromatic heterocycles. The topological polar surface area (TPSA) is 66.0 Å². The minimum Gasteiger partial charge on any atom is -0.309 e. The van der Waals surface area contributed by atoms with Gasteiger partial charge in [0.05, 0.1) is 5.54 Å². The van der Waals surface area contributed by atoms with Crippen LogP contribution in [0.2, 0.25) is 0 Å². The van der Waals surface area contributed by atoms with Crippen molar-refractivity contribution in [1.29, 1.82) is 0 Å². The summed E-state index contributed by atoms with van der Waals surface area (Å²) in [5, 5.41) is 3.02. The molecule has 33 heavy (non-hydrogen) atoms. The maximum absolute atomic E-state index is 13.4. The molecule has 1 fully saturated rings. The molecule has 1 aliphatic rings. The van der Waals surface area contributed by atoms with Crippen molar-refractivity contribution in [3.63, 3.8) is 0 Å². The molecule has 0 bridgehead atoms. The highest BCUT2D eigenvalue weighted by Crippen LogP contribution is 2.32. The van der Waals surface area contributed by atoms with Gasteiger partial charge in [0, 0.05) is 6.20 Å². The van der Waals surface area contributed by atoms with E-state index in [0.29, 0.717) is 5.82 Å². The summed E-state index contributed by atoms with van der Waals surface area (Å²) in [6.07, 6.45) is 6.41. The number of halogens is 2. The number of nitrogens with zero attached hydrogens (tertiary/aromatic N) is 1. The smallest absolute Gasteiger partial charge is 0.247 e. The lowest BCUT2D eigenvalue weighted by Crippen LogP contribution is -2.64. The van der Waals surface area contributed by atoms with Crippen LogP contribution in [0.1, 0.15) is 50.2 Å². The molecule has 0 saturated heterocycles. The lowest BCUT2D eigenvalue weighted by Gasteiger charge is -2.41. The first-order valence-corrected chi connectivity index (χ1v) is 11.0.